The number of aryl methyl sites for hydroxylation is 2. The Kier molecular flexibility index (Phi) is 3.28. The molecule has 20 heavy (non-hydrogen) atoms. The molecule has 0 aliphatic carbocycles. The number of aromatic nitrogens is 2. The minimum Gasteiger partial charge on any atom is -0.329 e. The first-order valence-electron chi connectivity index (χ1n) is 6.87. The van der Waals surface area contributed by atoms with Crippen LogP contribution in [0, 0.1) is 13.8 Å². The fraction of sp³-hybridized carbons (Fsp3) is 0.235. The van der Waals surface area contributed by atoms with Crippen LogP contribution >= 0.6 is 0 Å². The molecule has 3 aromatic rings. The van der Waals surface area contributed by atoms with Gasteiger partial charge in [0.2, 0.25) is 0 Å². The Bertz CT molecular complexity index is 723. The van der Waals surface area contributed by atoms with Crippen molar-refractivity contribution in [2.24, 2.45) is 5.73 Å². The number of hydrogen-bond acceptors (Lipinski definition) is 2. The second kappa shape index (κ2) is 5.10. The first-order valence-corrected chi connectivity index (χ1v) is 6.87. The Morgan fingerprint density at radius 3 is 2.55 bits per heavy atom. The van der Waals surface area contributed by atoms with Gasteiger partial charge in [0, 0.05) is 12.6 Å². The van der Waals surface area contributed by atoms with Gasteiger partial charge >= 0.3 is 0 Å². The summed E-state index contributed by atoms with van der Waals surface area (Å²) in [4.78, 5) is 4.41. The number of para-hydroxylation sites is 2. The first kappa shape index (κ1) is 12.9. The molecular weight excluding hydrogens is 246 g/mol. The molecule has 3 nitrogen and oxygen atoms in total. The normalized spacial score (nSPS) is 12.8. The fourth-order valence-corrected chi connectivity index (χ4v) is 2.70. The van der Waals surface area contributed by atoms with Gasteiger partial charge in [-0.3, -0.25) is 0 Å². The number of fused-ring (bicyclic) bond motifs is 1. The predicted octanol–water partition coefficient (Wildman–Crippen LogP) is 3.35. The van der Waals surface area contributed by atoms with Gasteiger partial charge in [0.1, 0.15) is 0 Å². The van der Waals surface area contributed by atoms with Crippen molar-refractivity contribution in [1.82, 2.24) is 9.55 Å². The molecule has 0 fully saturated rings. The molecule has 1 heterocycles. The lowest BCUT2D eigenvalue weighted by atomic mass is 10.0. The van der Waals surface area contributed by atoms with Gasteiger partial charge in [-0.25, -0.2) is 4.98 Å². The second-order valence-corrected chi connectivity index (χ2v) is 5.41. The van der Waals surface area contributed by atoms with Gasteiger partial charge < -0.3 is 10.3 Å². The third-order valence-corrected chi connectivity index (χ3v) is 3.59. The van der Waals surface area contributed by atoms with E-state index in [-0.39, 0.29) is 6.04 Å². The molecule has 0 spiro atoms. The Balaban J connectivity index is 1.90. The number of imidazole rings is 1. The van der Waals surface area contributed by atoms with Crippen LogP contribution in [0.15, 0.2) is 48.8 Å². The standard InChI is InChI=1S/C17H19N3/c1-12-7-13(2)9-14(8-12)15(18)10-20-11-19-16-5-3-4-6-17(16)20/h3-9,11,15H,10,18H2,1-2H3. The van der Waals surface area contributed by atoms with Crippen molar-refractivity contribution in [1.29, 1.82) is 0 Å². The Morgan fingerprint density at radius 1 is 1.10 bits per heavy atom. The van der Waals surface area contributed by atoms with Crippen molar-refractivity contribution in [3.8, 4) is 0 Å². The van der Waals surface area contributed by atoms with E-state index >= 15 is 0 Å². The number of nitrogens with two attached hydrogens (primary N) is 1. The monoisotopic (exact) mass is 265 g/mol. The van der Waals surface area contributed by atoms with Gasteiger partial charge in [0.25, 0.3) is 0 Å². The molecule has 3 rings (SSSR count). The minimum atomic E-state index is -0.0220. The molecule has 0 bridgehead atoms. The lowest BCUT2D eigenvalue weighted by molar-refractivity contribution is 0.588. The molecular formula is C17H19N3. The summed E-state index contributed by atoms with van der Waals surface area (Å²) in [6, 6.07) is 14.6. The van der Waals surface area contributed by atoms with Crippen molar-refractivity contribution < 1.29 is 0 Å². The molecule has 2 aromatic carbocycles. The first-order chi connectivity index (χ1) is 9.63. The zero-order valence-electron chi connectivity index (χ0n) is 11.9. The maximum absolute atomic E-state index is 6.37. The van der Waals surface area contributed by atoms with E-state index in [1.807, 2.05) is 24.5 Å². The van der Waals surface area contributed by atoms with Crippen molar-refractivity contribution in [3.05, 3.63) is 65.5 Å². The van der Waals surface area contributed by atoms with Gasteiger partial charge in [-0.15, -0.1) is 0 Å². The summed E-state index contributed by atoms with van der Waals surface area (Å²) < 4.78 is 2.12. The molecule has 2 N–H and O–H groups in total. The highest BCUT2D eigenvalue weighted by Crippen LogP contribution is 2.19. The highest BCUT2D eigenvalue weighted by molar-refractivity contribution is 5.74. The van der Waals surface area contributed by atoms with Gasteiger partial charge in [0.05, 0.1) is 17.4 Å². The summed E-state index contributed by atoms with van der Waals surface area (Å²) in [5.74, 6) is 0. The topological polar surface area (TPSA) is 43.8 Å². The van der Waals surface area contributed by atoms with E-state index in [1.165, 1.54) is 16.7 Å². The Hall–Kier alpha value is -2.13. The number of benzene rings is 2. The maximum Gasteiger partial charge on any atom is 0.0958 e. The van der Waals surface area contributed by atoms with Crippen LogP contribution in [0.2, 0.25) is 0 Å². The number of nitrogens with zero attached hydrogens (tertiary/aromatic N) is 2. The van der Waals surface area contributed by atoms with Crippen LogP contribution < -0.4 is 5.73 Å². The summed E-state index contributed by atoms with van der Waals surface area (Å²) in [5, 5.41) is 0. The van der Waals surface area contributed by atoms with E-state index in [1.54, 1.807) is 0 Å². The number of hydrogen-bond donors (Lipinski definition) is 1. The quantitative estimate of drug-likeness (QED) is 0.789. The van der Waals surface area contributed by atoms with E-state index in [0.29, 0.717) is 0 Å². The van der Waals surface area contributed by atoms with Crippen molar-refractivity contribution in [2.45, 2.75) is 26.4 Å². The van der Waals surface area contributed by atoms with Crippen LogP contribution in [-0.4, -0.2) is 9.55 Å². The molecule has 0 aliphatic rings. The third kappa shape index (κ3) is 2.45. The van der Waals surface area contributed by atoms with E-state index in [4.69, 9.17) is 5.73 Å². The van der Waals surface area contributed by atoms with Crippen LogP contribution in [0.5, 0.6) is 0 Å². The second-order valence-electron chi connectivity index (χ2n) is 5.41. The molecule has 1 unspecified atom stereocenters. The van der Waals surface area contributed by atoms with Crippen LogP contribution in [0.25, 0.3) is 11.0 Å². The maximum atomic E-state index is 6.37. The molecule has 0 saturated carbocycles. The lowest BCUT2D eigenvalue weighted by Gasteiger charge is -2.15. The zero-order valence-corrected chi connectivity index (χ0v) is 11.9. The molecule has 0 amide bonds. The SMILES string of the molecule is Cc1cc(C)cc(C(N)Cn2cnc3ccccc32)c1. The highest BCUT2D eigenvalue weighted by atomic mass is 15.1. The molecule has 0 aliphatic heterocycles. The summed E-state index contributed by atoms with van der Waals surface area (Å²) >= 11 is 0. The highest BCUT2D eigenvalue weighted by Gasteiger charge is 2.10. The van der Waals surface area contributed by atoms with Crippen molar-refractivity contribution in [2.75, 3.05) is 0 Å². The van der Waals surface area contributed by atoms with Crippen molar-refractivity contribution in [3.63, 3.8) is 0 Å². The number of rotatable bonds is 3. The molecule has 1 atom stereocenters. The van der Waals surface area contributed by atoms with Gasteiger partial charge in [-0.1, -0.05) is 41.5 Å². The zero-order chi connectivity index (χ0) is 14.1. The van der Waals surface area contributed by atoms with E-state index < -0.39 is 0 Å². The van der Waals surface area contributed by atoms with E-state index in [0.717, 1.165) is 17.6 Å². The van der Waals surface area contributed by atoms with Crippen molar-refractivity contribution >= 4 is 11.0 Å². The van der Waals surface area contributed by atoms with Gasteiger partial charge in [-0.05, 0) is 31.5 Å². The van der Waals surface area contributed by atoms with E-state index in [2.05, 4.69) is 47.7 Å². The molecule has 0 radical (unpaired) electrons. The predicted molar refractivity (Wildman–Crippen MR) is 82.6 cm³/mol. The minimum absolute atomic E-state index is 0.0220. The summed E-state index contributed by atoms with van der Waals surface area (Å²) in [6.45, 7) is 4.95. The summed E-state index contributed by atoms with van der Waals surface area (Å²) in [7, 11) is 0. The summed E-state index contributed by atoms with van der Waals surface area (Å²) in [6.07, 6.45) is 1.87. The lowest BCUT2D eigenvalue weighted by Crippen LogP contribution is -2.17. The molecule has 102 valence electrons. The molecule has 1 aromatic heterocycles. The smallest absolute Gasteiger partial charge is 0.0958 e. The van der Waals surface area contributed by atoms with Crippen LogP contribution in [0.4, 0.5) is 0 Å². The van der Waals surface area contributed by atoms with Gasteiger partial charge in [0.15, 0.2) is 0 Å². The van der Waals surface area contributed by atoms with Crippen LogP contribution in [0.1, 0.15) is 22.7 Å². The Morgan fingerprint density at radius 2 is 1.80 bits per heavy atom. The van der Waals surface area contributed by atoms with E-state index in [9.17, 15) is 0 Å². The largest absolute Gasteiger partial charge is 0.329 e. The Labute approximate surface area is 119 Å². The molecule has 0 saturated heterocycles. The average Bonchev–Trinajstić information content (AvgIpc) is 2.81. The average molecular weight is 265 g/mol. The third-order valence-electron chi connectivity index (χ3n) is 3.59. The fourth-order valence-electron chi connectivity index (χ4n) is 2.70. The van der Waals surface area contributed by atoms with Crippen LogP contribution in [0.3, 0.4) is 0 Å². The van der Waals surface area contributed by atoms with Crippen LogP contribution in [-0.2, 0) is 6.54 Å². The molecule has 3 heteroatoms. The summed E-state index contributed by atoms with van der Waals surface area (Å²) in [5.41, 5.74) is 12.2. The van der Waals surface area contributed by atoms with Gasteiger partial charge in [-0.2, -0.15) is 0 Å².